The first-order chi connectivity index (χ1) is 15.7. The fraction of sp³-hybridized carbons (Fsp3) is 0. The molecule has 0 saturated heterocycles. The summed E-state index contributed by atoms with van der Waals surface area (Å²) in [5, 5.41) is 20.3. The van der Waals surface area contributed by atoms with Gasteiger partial charge in [0.25, 0.3) is 5.69 Å². The highest BCUT2D eigenvalue weighted by atomic mass is 16.6. The van der Waals surface area contributed by atoms with Crippen LogP contribution in [0.25, 0.3) is 22.4 Å². The molecule has 0 bridgehead atoms. The van der Waals surface area contributed by atoms with Gasteiger partial charge in [-0.25, -0.2) is 14.6 Å². The van der Waals surface area contributed by atoms with Crippen molar-refractivity contribution in [1.82, 2.24) is 24.3 Å². The van der Waals surface area contributed by atoms with Gasteiger partial charge in [-0.2, -0.15) is 10.2 Å². The zero-order chi connectivity index (χ0) is 21.9. The molecule has 3 aromatic heterocycles. The molecule has 1 N–H and O–H groups in total. The molecule has 5 aromatic rings. The van der Waals surface area contributed by atoms with Crippen LogP contribution in [0, 0.1) is 10.1 Å². The molecule has 32 heavy (non-hydrogen) atoms. The fourth-order valence-electron chi connectivity index (χ4n) is 3.32. The lowest BCUT2D eigenvalue weighted by Crippen LogP contribution is -2.01. The lowest BCUT2D eigenvalue weighted by Gasteiger charge is -2.06. The molecule has 0 radical (unpaired) electrons. The van der Waals surface area contributed by atoms with Crippen molar-refractivity contribution in [3.05, 3.63) is 101 Å². The highest BCUT2D eigenvalue weighted by Crippen LogP contribution is 2.21. The van der Waals surface area contributed by atoms with Crippen molar-refractivity contribution in [2.75, 3.05) is 5.43 Å². The Bertz CT molecular complexity index is 1420. The predicted molar refractivity (Wildman–Crippen MR) is 120 cm³/mol. The van der Waals surface area contributed by atoms with Crippen LogP contribution in [0.15, 0.2) is 90.6 Å². The van der Waals surface area contributed by atoms with Crippen LogP contribution in [0.4, 0.5) is 11.5 Å². The zero-order valence-electron chi connectivity index (χ0n) is 16.6. The van der Waals surface area contributed by atoms with Crippen LogP contribution in [-0.4, -0.2) is 35.5 Å². The molecule has 0 fully saturated rings. The van der Waals surface area contributed by atoms with Gasteiger partial charge in [0.2, 0.25) is 0 Å². The van der Waals surface area contributed by atoms with E-state index in [1.165, 1.54) is 18.5 Å². The lowest BCUT2D eigenvalue weighted by atomic mass is 10.3. The third-order valence-corrected chi connectivity index (χ3v) is 4.85. The third kappa shape index (κ3) is 3.56. The number of nitro benzene ring substituents is 1. The molecule has 0 saturated carbocycles. The molecule has 0 aliphatic heterocycles. The summed E-state index contributed by atoms with van der Waals surface area (Å²) in [5.74, 6) is 0.530. The molecule has 0 unspecified atom stereocenters. The van der Waals surface area contributed by atoms with Crippen molar-refractivity contribution in [2.45, 2.75) is 0 Å². The second-order valence-electron chi connectivity index (χ2n) is 6.80. The van der Waals surface area contributed by atoms with Gasteiger partial charge in [0, 0.05) is 24.0 Å². The lowest BCUT2D eigenvalue weighted by molar-refractivity contribution is -0.384. The van der Waals surface area contributed by atoms with Crippen molar-refractivity contribution in [1.29, 1.82) is 0 Å². The van der Waals surface area contributed by atoms with Crippen LogP contribution in [-0.2, 0) is 0 Å². The summed E-state index contributed by atoms with van der Waals surface area (Å²) >= 11 is 0. The van der Waals surface area contributed by atoms with E-state index in [2.05, 4.69) is 25.6 Å². The summed E-state index contributed by atoms with van der Waals surface area (Å²) in [6.07, 6.45) is 6.66. The monoisotopic (exact) mass is 424 g/mol. The maximum Gasteiger partial charge on any atom is 0.269 e. The first kappa shape index (κ1) is 19.1. The molecular weight excluding hydrogens is 408 g/mol. The summed E-state index contributed by atoms with van der Waals surface area (Å²) < 4.78 is 3.61. The van der Waals surface area contributed by atoms with E-state index in [-0.39, 0.29) is 5.69 Å². The van der Waals surface area contributed by atoms with Crippen molar-refractivity contribution in [3.8, 4) is 11.4 Å². The quantitative estimate of drug-likeness (QED) is 0.251. The van der Waals surface area contributed by atoms with E-state index >= 15 is 0 Å². The second kappa shape index (κ2) is 8.11. The number of hydrazone groups is 1. The first-order valence-corrected chi connectivity index (χ1v) is 9.66. The Morgan fingerprint density at radius 2 is 1.78 bits per heavy atom. The summed E-state index contributed by atoms with van der Waals surface area (Å²) in [6, 6.07) is 19.8. The first-order valence-electron chi connectivity index (χ1n) is 9.66. The van der Waals surface area contributed by atoms with Gasteiger partial charge >= 0.3 is 0 Å². The van der Waals surface area contributed by atoms with E-state index < -0.39 is 4.92 Å². The minimum atomic E-state index is -0.423. The maximum absolute atomic E-state index is 10.9. The predicted octanol–water partition coefficient (Wildman–Crippen LogP) is 3.96. The molecule has 156 valence electrons. The Hall–Kier alpha value is -4.86. The molecule has 0 amide bonds. The number of nitro groups is 1. The van der Waals surface area contributed by atoms with E-state index in [0.717, 1.165) is 22.5 Å². The number of para-hydroxylation sites is 1. The zero-order valence-corrected chi connectivity index (χ0v) is 16.6. The SMILES string of the molecule is O=[N+]([O-])c1ccc(-n2cccc2C=NNc2ncnc3c2cnn3-c2ccccc2)cc1. The molecule has 0 atom stereocenters. The average molecular weight is 424 g/mol. The molecule has 10 nitrogen and oxygen atoms in total. The Balaban J connectivity index is 1.39. The third-order valence-electron chi connectivity index (χ3n) is 4.85. The van der Waals surface area contributed by atoms with E-state index in [9.17, 15) is 10.1 Å². The second-order valence-corrected chi connectivity index (χ2v) is 6.80. The molecule has 3 heterocycles. The molecular formula is C22H16N8O2. The van der Waals surface area contributed by atoms with Crippen molar-refractivity contribution in [3.63, 3.8) is 0 Å². The number of aromatic nitrogens is 5. The standard InChI is InChI=1S/C22H16N8O2/c31-30(32)18-10-8-16(9-11-18)28-12-4-7-19(28)13-25-27-21-20-14-26-29(22(20)24-15-23-21)17-5-2-1-3-6-17/h1-15H,(H,23,24,27). The Morgan fingerprint density at radius 1 is 0.969 bits per heavy atom. The van der Waals surface area contributed by atoms with Crippen molar-refractivity contribution >= 4 is 28.8 Å². The number of non-ortho nitro benzene ring substituents is 1. The van der Waals surface area contributed by atoms with Crippen LogP contribution in [0.1, 0.15) is 5.69 Å². The van der Waals surface area contributed by atoms with Crippen LogP contribution < -0.4 is 5.43 Å². The van der Waals surface area contributed by atoms with E-state index in [0.29, 0.717) is 11.5 Å². The van der Waals surface area contributed by atoms with Crippen molar-refractivity contribution < 1.29 is 4.92 Å². The molecule has 0 aliphatic carbocycles. The molecule has 0 spiro atoms. The van der Waals surface area contributed by atoms with Gasteiger partial charge in [-0.1, -0.05) is 18.2 Å². The number of hydrogen-bond donors (Lipinski definition) is 1. The topological polar surface area (TPSA) is 116 Å². The smallest absolute Gasteiger partial charge is 0.269 e. The Kier molecular flexibility index (Phi) is 4.85. The number of anilines is 1. The summed E-state index contributed by atoms with van der Waals surface area (Å²) in [4.78, 5) is 19.1. The van der Waals surface area contributed by atoms with Crippen LogP contribution in [0.3, 0.4) is 0 Å². The van der Waals surface area contributed by atoms with E-state index in [4.69, 9.17) is 0 Å². The normalized spacial score (nSPS) is 11.2. The number of nitrogens with zero attached hydrogens (tertiary/aromatic N) is 7. The van der Waals surface area contributed by atoms with Gasteiger partial charge < -0.3 is 4.57 Å². The van der Waals surface area contributed by atoms with Gasteiger partial charge in [0.05, 0.1) is 34.1 Å². The van der Waals surface area contributed by atoms with Gasteiger partial charge in [-0.15, -0.1) is 0 Å². The average Bonchev–Trinajstić information content (AvgIpc) is 3.47. The van der Waals surface area contributed by atoms with Crippen molar-refractivity contribution in [2.24, 2.45) is 5.10 Å². The summed E-state index contributed by atoms with van der Waals surface area (Å²) in [7, 11) is 0. The van der Waals surface area contributed by atoms with Gasteiger partial charge in [0.15, 0.2) is 11.5 Å². The fourth-order valence-corrected chi connectivity index (χ4v) is 3.32. The number of nitrogens with one attached hydrogen (secondary N) is 1. The van der Waals surface area contributed by atoms with Crippen LogP contribution >= 0.6 is 0 Å². The van der Waals surface area contributed by atoms with E-state index in [1.807, 2.05) is 53.2 Å². The minimum Gasteiger partial charge on any atom is -0.316 e. The summed E-state index contributed by atoms with van der Waals surface area (Å²) in [5.41, 5.74) is 6.14. The Labute approximate surface area is 181 Å². The van der Waals surface area contributed by atoms with Gasteiger partial charge in [-0.3, -0.25) is 15.5 Å². The van der Waals surface area contributed by atoms with Crippen LogP contribution in [0.5, 0.6) is 0 Å². The molecule has 2 aromatic carbocycles. The molecule has 0 aliphatic rings. The number of benzene rings is 2. The molecule has 10 heteroatoms. The highest BCUT2D eigenvalue weighted by molar-refractivity contribution is 5.88. The number of fused-ring (bicyclic) bond motifs is 1. The van der Waals surface area contributed by atoms with Gasteiger partial charge in [0.1, 0.15) is 6.33 Å². The molecule has 5 rings (SSSR count). The van der Waals surface area contributed by atoms with Crippen LogP contribution in [0.2, 0.25) is 0 Å². The minimum absolute atomic E-state index is 0.0432. The highest BCUT2D eigenvalue weighted by Gasteiger charge is 2.11. The maximum atomic E-state index is 10.9. The largest absolute Gasteiger partial charge is 0.316 e. The van der Waals surface area contributed by atoms with Gasteiger partial charge in [-0.05, 0) is 36.4 Å². The number of hydrogen-bond acceptors (Lipinski definition) is 7. The van der Waals surface area contributed by atoms with E-state index in [1.54, 1.807) is 29.2 Å². The number of rotatable bonds is 6. The Morgan fingerprint density at radius 3 is 2.56 bits per heavy atom. The summed E-state index contributed by atoms with van der Waals surface area (Å²) in [6.45, 7) is 0.